The van der Waals surface area contributed by atoms with Gasteiger partial charge in [-0.05, 0) is 173 Å². The highest BCUT2D eigenvalue weighted by molar-refractivity contribution is 7.97. The van der Waals surface area contributed by atoms with E-state index >= 15 is 0 Å². The Morgan fingerprint density at radius 3 is 1.03 bits per heavy atom. The first-order valence-electron chi connectivity index (χ1n) is 36.2. The highest BCUT2D eigenvalue weighted by Gasteiger charge is 2.67. The first-order chi connectivity index (χ1) is 52.1. The first-order valence-corrected chi connectivity index (χ1v) is 38.3. The maximum absolute atomic E-state index is 13.2. The topological polar surface area (TPSA) is 369 Å². The lowest BCUT2D eigenvalue weighted by Gasteiger charge is -2.49. The fourth-order valence-corrected chi connectivity index (χ4v) is 12.0. The summed E-state index contributed by atoms with van der Waals surface area (Å²) in [5.74, 6) is -10.0. The van der Waals surface area contributed by atoms with Gasteiger partial charge < -0.3 is 74.4 Å². The van der Waals surface area contributed by atoms with Crippen LogP contribution in [0.4, 0.5) is 79.0 Å². The molecule has 10 N–H and O–H groups in total. The van der Waals surface area contributed by atoms with Crippen molar-refractivity contribution in [2.24, 2.45) is 35.5 Å². The third-order valence-electron chi connectivity index (χ3n) is 18.9. The lowest BCUT2D eigenvalue weighted by Crippen LogP contribution is -2.63. The molecule has 0 amide bonds. The number of halogens is 18. The lowest BCUT2D eigenvalue weighted by atomic mass is 9.65. The van der Waals surface area contributed by atoms with Gasteiger partial charge in [-0.2, -0.15) is 79.0 Å². The third-order valence-corrected chi connectivity index (χ3v) is 19.7. The van der Waals surface area contributed by atoms with Crippen LogP contribution in [0.2, 0.25) is 0 Å². The van der Waals surface area contributed by atoms with E-state index in [0.717, 1.165) is 0 Å². The fraction of sp³-hybridized carbons (Fsp3) is 0.750. The van der Waals surface area contributed by atoms with E-state index in [1.54, 1.807) is 48.5 Å². The van der Waals surface area contributed by atoms with Gasteiger partial charge in [0.05, 0.1) is 17.8 Å². The number of rotatable bonds is 26. The van der Waals surface area contributed by atoms with Crippen LogP contribution in [0.5, 0.6) is 0 Å². The van der Waals surface area contributed by atoms with Crippen LogP contribution in [0.1, 0.15) is 188 Å². The smallest absolute Gasteiger partial charge is 0.417 e. The normalized spacial score (nSPS) is 24.7. The van der Waals surface area contributed by atoms with Crippen molar-refractivity contribution in [1.82, 2.24) is 4.72 Å². The van der Waals surface area contributed by atoms with E-state index in [1.165, 1.54) is 34.0 Å². The molecule has 42 heteroatoms. The van der Waals surface area contributed by atoms with Gasteiger partial charge in [0, 0.05) is 98.4 Å². The second-order valence-corrected chi connectivity index (χ2v) is 34.5. The molecule has 0 aliphatic heterocycles. The number of carbonyl (C=O) groups is 6. The van der Waals surface area contributed by atoms with Crippen molar-refractivity contribution < 1.29 is 186 Å². The zero-order chi connectivity index (χ0) is 94.6. The first kappa shape index (κ1) is 116. The summed E-state index contributed by atoms with van der Waals surface area (Å²) in [6.07, 6.45) is -40.7. The second kappa shape index (κ2) is 44.6. The van der Waals surface area contributed by atoms with Crippen LogP contribution in [0.15, 0.2) is 72.9 Å². The van der Waals surface area contributed by atoms with Crippen molar-refractivity contribution in [3.8, 4) is 0 Å². The number of ether oxygens (including phenoxy) is 6. The molecule has 0 radical (unpaired) electrons. The maximum atomic E-state index is 13.2. The van der Waals surface area contributed by atoms with Crippen LogP contribution in [-0.4, -0.2) is 230 Å². The van der Waals surface area contributed by atoms with Gasteiger partial charge in [-0.1, -0.05) is 53.3 Å². The van der Waals surface area contributed by atoms with E-state index < -0.39 is 227 Å². The fourth-order valence-electron chi connectivity index (χ4n) is 11.5. The Labute approximate surface area is 675 Å². The summed E-state index contributed by atoms with van der Waals surface area (Å²) < 4.78 is 277. The molecule has 0 aromatic carbocycles. The van der Waals surface area contributed by atoms with Crippen LogP contribution in [0.3, 0.4) is 0 Å². The average molecular weight is 1770 g/mol. The second-order valence-electron chi connectivity index (χ2n) is 32.2. The number of nitrogens with one attached hydrogen (secondary N) is 1. The van der Waals surface area contributed by atoms with Gasteiger partial charge in [0.15, 0.2) is 33.6 Å². The van der Waals surface area contributed by atoms with E-state index in [1.807, 2.05) is 0 Å². The number of alkyl halides is 18. The van der Waals surface area contributed by atoms with Crippen molar-refractivity contribution in [2.75, 3.05) is 19.4 Å². The Morgan fingerprint density at radius 1 is 0.424 bits per heavy atom. The van der Waals surface area contributed by atoms with Crippen LogP contribution in [0, 0.1) is 35.5 Å². The molecule has 0 saturated heterocycles. The summed E-state index contributed by atoms with van der Waals surface area (Å²) in [7, 11) is -2.21. The number of aliphatic hydroxyl groups is 9. The molecule has 0 aromatic heterocycles. The lowest BCUT2D eigenvalue weighted by molar-refractivity contribution is -0.318. The number of esters is 6. The molecule has 690 valence electrons. The molecule has 3 aliphatic rings. The number of hydrogen-bond donors (Lipinski definition) is 10. The average Bonchev–Trinajstić information content (AvgIpc) is 0.749. The molecule has 0 heterocycles. The minimum Gasteiger partial charge on any atom is -0.461 e. The summed E-state index contributed by atoms with van der Waals surface area (Å²) in [5, 5.41) is 88.0. The van der Waals surface area contributed by atoms with E-state index in [2.05, 4.69) is 50.1 Å². The molecular weight excluding hydrogens is 1650 g/mol. The summed E-state index contributed by atoms with van der Waals surface area (Å²) in [6, 6.07) is 0. The summed E-state index contributed by atoms with van der Waals surface area (Å²) in [6.45, 7) is 40.8. The van der Waals surface area contributed by atoms with Crippen molar-refractivity contribution in [3.63, 3.8) is 0 Å². The minimum atomic E-state index is -5.28. The van der Waals surface area contributed by atoms with Crippen molar-refractivity contribution in [3.05, 3.63) is 72.9 Å². The molecule has 118 heavy (non-hydrogen) atoms. The molecule has 0 bridgehead atoms. The van der Waals surface area contributed by atoms with Crippen LogP contribution in [0.25, 0.3) is 0 Å². The largest absolute Gasteiger partial charge is 0.461 e. The Balaban J connectivity index is -0.00000137. The molecule has 3 fully saturated rings. The van der Waals surface area contributed by atoms with Gasteiger partial charge in [-0.25, -0.2) is 33.5 Å². The Morgan fingerprint density at radius 2 is 0.729 bits per heavy atom. The monoisotopic (exact) mass is 1770 g/mol. The van der Waals surface area contributed by atoms with Gasteiger partial charge in [0.1, 0.15) is 37.1 Å². The summed E-state index contributed by atoms with van der Waals surface area (Å²) >= 11 is 0. The van der Waals surface area contributed by atoms with Gasteiger partial charge in [0.2, 0.25) is 0 Å². The summed E-state index contributed by atoms with van der Waals surface area (Å²) in [4.78, 5) is 67.9. The molecule has 16 atom stereocenters. The molecule has 23 nitrogen and oxygen atoms in total. The molecule has 3 saturated carbocycles. The number of carbonyl (C=O) groups excluding carboxylic acids is 6. The SMILES string of the molecule is C=C(C)C(=O)OC(C)CC(C)(C)O.C=C(C)C(=O)OC(CC(C)C)CC(C)(O)C(F)(F)F.C=C(C)C(=O)OC1CC(C(C)(O)C(F)(F)F)C(O)C(C(C)(O)C(F)(F)F)C1.C=C(C)C(=O)OC1CC(C(C)(O)C(F)(F)F)CC(C(C)(O)C(F)(F)F)C1.C=C(C)C(=O)OC1CCC(O)C(C(C)(O)C(F)(F)F)C1.C=C(C)C(=O)OCCNS(=C)(C)=O. The summed E-state index contributed by atoms with van der Waals surface area (Å²) in [5.41, 5.74) is -19.7. The molecule has 16 unspecified atom stereocenters. The highest BCUT2D eigenvalue weighted by atomic mass is 32.2. The van der Waals surface area contributed by atoms with E-state index in [4.69, 9.17) is 28.4 Å². The Kier molecular flexibility index (Phi) is 43.8. The van der Waals surface area contributed by atoms with E-state index in [0.29, 0.717) is 65.7 Å². The van der Waals surface area contributed by atoms with Gasteiger partial charge in [-0.15, -0.1) is 0 Å². The van der Waals surface area contributed by atoms with Gasteiger partial charge in [-0.3, -0.25) is 4.21 Å². The zero-order valence-corrected chi connectivity index (χ0v) is 70.0. The molecule has 3 rings (SSSR count). The van der Waals surface area contributed by atoms with Crippen molar-refractivity contribution in [2.45, 2.75) is 307 Å². The Hall–Kier alpha value is -6.38. The van der Waals surface area contributed by atoms with Crippen molar-refractivity contribution in [1.29, 1.82) is 0 Å². The molecular formula is C76H117F18NO22S. The molecule has 0 aromatic rings. The standard InChI is InChI=1S/C16H22F6O5.C16H22F6O4.C13H19F3O4.C13H21F3O3.C10H18O3.C8H15NO3S/c1-7(2)12(24)27-8-5-9(13(3,25)15(17,18)19)11(23)10(6-8)14(4,26)16(20,21)22;1-8(2)12(23)26-11-6-9(13(3,24)15(17,18)19)5-10(7-11)14(4,25)16(20,21)22;1-7(2)11(18)20-8-4-5-10(17)9(6-8)12(3,19)13(14,15)16;1-8(2)6-10(19-11(17)9(3)4)7-12(5,18)13(14,15)16;1-7(2)9(11)13-8(3)6-10(4,5)12;1-7(2)8(10)12-6-5-9-13(3,4)11/h8-11,23,25-26H,1,5-6H2,2-4H3;9-11,24-25H,1,5-7H2,2-4H3;8-10,17,19H,1,4-6H2,2-3H3;8,10,18H,3,6-7H2,1-2,4-5H3;8,12H,1,6H2,2-5H3;1,3,5-6H2,2,4H3,(H,9,11). The Bertz CT molecular complexity index is 3430. The molecule has 0 spiro atoms. The van der Waals surface area contributed by atoms with E-state index in [9.17, 15) is 158 Å². The quantitative estimate of drug-likeness (QED) is 0.00960. The van der Waals surface area contributed by atoms with Gasteiger partial charge in [0.25, 0.3) is 0 Å². The predicted octanol–water partition coefficient (Wildman–Crippen LogP) is 12.8. The van der Waals surface area contributed by atoms with Gasteiger partial charge >= 0.3 is 72.9 Å². The molecule has 3 aliphatic carbocycles. The zero-order valence-electron chi connectivity index (χ0n) is 69.2. The minimum absolute atomic E-state index is 0.0328. The van der Waals surface area contributed by atoms with Crippen LogP contribution < -0.4 is 4.72 Å². The third kappa shape index (κ3) is 37.9. The van der Waals surface area contributed by atoms with E-state index in [-0.39, 0.29) is 66.6 Å². The van der Waals surface area contributed by atoms with Crippen LogP contribution >= 0.6 is 0 Å². The maximum Gasteiger partial charge on any atom is 0.417 e. The highest BCUT2D eigenvalue weighted by Crippen LogP contribution is 2.53. The van der Waals surface area contributed by atoms with Crippen LogP contribution in [-0.2, 0) is 66.9 Å². The number of aliphatic hydroxyl groups excluding tert-OH is 2. The predicted molar refractivity (Wildman–Crippen MR) is 396 cm³/mol. The number of hydrogen-bond acceptors (Lipinski definition) is 22. The van der Waals surface area contributed by atoms with Crippen molar-refractivity contribution >= 4 is 51.4 Å².